The molecule has 0 unspecified atom stereocenters. The molecule has 1 atom stereocenters. The second-order valence-electron chi connectivity index (χ2n) is 6.51. The summed E-state index contributed by atoms with van der Waals surface area (Å²) in [6.45, 7) is 5.51. The van der Waals surface area contributed by atoms with Crippen LogP contribution >= 0.6 is 0 Å². The number of hydrogen-bond acceptors (Lipinski definition) is 5. The van der Waals surface area contributed by atoms with Crippen molar-refractivity contribution in [2.24, 2.45) is 11.7 Å². The molecule has 126 valence electrons. The molecule has 0 aromatic heterocycles. The smallest absolute Gasteiger partial charge is 0.408 e. The Morgan fingerprint density at radius 3 is 2.41 bits per heavy atom. The van der Waals surface area contributed by atoms with Crippen molar-refractivity contribution < 1.29 is 19.1 Å². The van der Waals surface area contributed by atoms with Crippen LogP contribution in [-0.4, -0.2) is 36.1 Å². The Kier molecular flexibility index (Phi) is 6.61. The van der Waals surface area contributed by atoms with E-state index in [1.165, 1.54) is 0 Å². The largest absolute Gasteiger partial charge is 0.444 e. The number of nitrogens with one attached hydrogen (secondary N) is 3. The van der Waals surface area contributed by atoms with Gasteiger partial charge >= 0.3 is 6.09 Å². The fraction of sp³-hybridized carbons (Fsp3) is 0.786. The third kappa shape index (κ3) is 8.46. The molecular weight excluding hydrogens is 288 g/mol. The predicted molar refractivity (Wildman–Crippen MR) is 80.5 cm³/mol. The Hall–Kier alpha value is -1.83. The van der Waals surface area contributed by atoms with Gasteiger partial charge in [-0.1, -0.05) is 12.8 Å². The van der Waals surface area contributed by atoms with E-state index < -0.39 is 23.6 Å². The molecule has 0 spiro atoms. The van der Waals surface area contributed by atoms with E-state index in [1.54, 1.807) is 20.8 Å². The number of nitrogens with two attached hydrogens (primary N) is 1. The molecule has 8 nitrogen and oxygen atoms in total. The van der Waals surface area contributed by atoms with Crippen LogP contribution in [0.3, 0.4) is 0 Å². The fourth-order valence-electron chi connectivity index (χ4n) is 1.79. The molecule has 0 heterocycles. The van der Waals surface area contributed by atoms with Crippen LogP contribution in [0.5, 0.6) is 0 Å². The number of hydrazine groups is 1. The second kappa shape index (κ2) is 7.98. The van der Waals surface area contributed by atoms with Crippen LogP contribution in [0.25, 0.3) is 0 Å². The van der Waals surface area contributed by atoms with Crippen LogP contribution in [0.2, 0.25) is 0 Å². The standard InChI is InChI=1S/C14H26N4O4/c1-14(2,3)22-13(21)17-10(8-9-4-5-9)12(20)18-16-7-6-11(15)19/h9-10,16H,4-8H2,1-3H3,(H2,15,19)(H,17,21)(H,18,20)/t10-/m0/s1. The minimum atomic E-state index is -0.663. The van der Waals surface area contributed by atoms with E-state index in [1.807, 2.05) is 0 Å². The molecule has 0 aliphatic heterocycles. The lowest BCUT2D eigenvalue weighted by atomic mass is 10.1. The van der Waals surface area contributed by atoms with Crippen molar-refractivity contribution >= 4 is 17.9 Å². The highest BCUT2D eigenvalue weighted by molar-refractivity contribution is 5.85. The van der Waals surface area contributed by atoms with Gasteiger partial charge in [0.05, 0.1) is 0 Å². The minimum Gasteiger partial charge on any atom is -0.444 e. The van der Waals surface area contributed by atoms with Crippen molar-refractivity contribution in [2.45, 2.75) is 58.1 Å². The third-order valence-corrected chi connectivity index (χ3v) is 2.98. The highest BCUT2D eigenvalue weighted by atomic mass is 16.6. The van der Waals surface area contributed by atoms with Gasteiger partial charge in [-0.25, -0.2) is 10.2 Å². The van der Waals surface area contributed by atoms with Gasteiger partial charge in [0.25, 0.3) is 5.91 Å². The molecular formula is C14H26N4O4. The topological polar surface area (TPSA) is 123 Å². The summed E-state index contributed by atoms with van der Waals surface area (Å²) in [4.78, 5) is 34.5. The number of primary amides is 1. The number of carbonyl (C=O) groups is 3. The summed E-state index contributed by atoms with van der Waals surface area (Å²) in [7, 11) is 0. The molecule has 1 saturated carbocycles. The molecule has 1 aliphatic carbocycles. The second-order valence-corrected chi connectivity index (χ2v) is 6.51. The lowest BCUT2D eigenvalue weighted by molar-refractivity contribution is -0.125. The van der Waals surface area contributed by atoms with Crippen molar-refractivity contribution in [3.63, 3.8) is 0 Å². The van der Waals surface area contributed by atoms with E-state index in [0.29, 0.717) is 12.3 Å². The van der Waals surface area contributed by atoms with Crippen molar-refractivity contribution in [1.29, 1.82) is 0 Å². The monoisotopic (exact) mass is 314 g/mol. The summed E-state index contributed by atoms with van der Waals surface area (Å²) in [6, 6.07) is -0.663. The Balaban J connectivity index is 2.43. The minimum absolute atomic E-state index is 0.118. The maximum atomic E-state index is 12.1. The Morgan fingerprint density at radius 1 is 1.27 bits per heavy atom. The first kappa shape index (κ1) is 18.2. The molecule has 0 saturated heterocycles. The van der Waals surface area contributed by atoms with E-state index in [0.717, 1.165) is 12.8 Å². The van der Waals surface area contributed by atoms with Gasteiger partial charge in [0.1, 0.15) is 11.6 Å². The van der Waals surface area contributed by atoms with E-state index in [4.69, 9.17) is 10.5 Å². The summed E-state index contributed by atoms with van der Waals surface area (Å²) in [5, 5.41) is 2.59. The average Bonchev–Trinajstić information content (AvgIpc) is 3.14. The van der Waals surface area contributed by atoms with Crippen LogP contribution in [0.15, 0.2) is 0 Å². The van der Waals surface area contributed by atoms with Gasteiger partial charge in [-0.05, 0) is 33.1 Å². The Morgan fingerprint density at radius 2 is 1.91 bits per heavy atom. The molecule has 0 radical (unpaired) electrons. The zero-order chi connectivity index (χ0) is 16.8. The molecule has 8 heteroatoms. The van der Waals surface area contributed by atoms with Crippen molar-refractivity contribution in [2.75, 3.05) is 6.54 Å². The molecule has 1 aliphatic rings. The third-order valence-electron chi connectivity index (χ3n) is 2.98. The van der Waals surface area contributed by atoms with Crippen LogP contribution in [0.1, 0.15) is 46.5 Å². The Bertz CT molecular complexity index is 416. The van der Waals surface area contributed by atoms with Gasteiger partial charge in [-0.15, -0.1) is 0 Å². The summed E-state index contributed by atoms with van der Waals surface area (Å²) in [6.07, 6.45) is 2.20. The summed E-state index contributed by atoms with van der Waals surface area (Å²) >= 11 is 0. The van der Waals surface area contributed by atoms with E-state index in [-0.39, 0.29) is 18.9 Å². The maximum Gasteiger partial charge on any atom is 0.408 e. The van der Waals surface area contributed by atoms with Crippen LogP contribution < -0.4 is 21.9 Å². The highest BCUT2D eigenvalue weighted by Gasteiger charge is 2.31. The molecule has 0 aromatic rings. The molecule has 0 bridgehead atoms. The molecule has 1 rings (SSSR count). The van der Waals surface area contributed by atoms with Crippen LogP contribution in [-0.2, 0) is 14.3 Å². The average molecular weight is 314 g/mol. The van der Waals surface area contributed by atoms with Crippen molar-refractivity contribution in [3.05, 3.63) is 0 Å². The van der Waals surface area contributed by atoms with Crippen molar-refractivity contribution in [3.8, 4) is 0 Å². The quantitative estimate of drug-likeness (QED) is 0.376. The first-order chi connectivity index (χ1) is 10.2. The number of alkyl carbamates (subject to hydrolysis) is 1. The Labute approximate surface area is 130 Å². The zero-order valence-corrected chi connectivity index (χ0v) is 13.4. The summed E-state index contributed by atoms with van der Waals surface area (Å²) < 4.78 is 5.17. The molecule has 5 N–H and O–H groups in total. The van der Waals surface area contributed by atoms with Gasteiger partial charge in [-0.2, -0.15) is 0 Å². The maximum absolute atomic E-state index is 12.1. The first-order valence-corrected chi connectivity index (χ1v) is 7.48. The number of rotatable bonds is 8. The lowest BCUT2D eigenvalue weighted by Crippen LogP contribution is -2.52. The molecule has 22 heavy (non-hydrogen) atoms. The number of hydrogen-bond donors (Lipinski definition) is 4. The van der Waals surface area contributed by atoms with Gasteiger partial charge in [0, 0.05) is 13.0 Å². The SMILES string of the molecule is CC(C)(C)OC(=O)N[C@@H](CC1CC1)C(=O)NNCCC(N)=O. The summed E-state index contributed by atoms with van der Waals surface area (Å²) in [5.74, 6) is -0.360. The normalized spacial score (nSPS) is 15.8. The number of carbonyl (C=O) groups excluding carboxylic acids is 3. The molecule has 0 aromatic carbocycles. The van der Waals surface area contributed by atoms with E-state index >= 15 is 0 Å². The highest BCUT2D eigenvalue weighted by Crippen LogP contribution is 2.33. The molecule has 1 fully saturated rings. The van der Waals surface area contributed by atoms with Gasteiger partial charge in [0.2, 0.25) is 5.91 Å². The van der Waals surface area contributed by atoms with Crippen LogP contribution in [0, 0.1) is 5.92 Å². The number of ether oxygens (including phenoxy) is 1. The zero-order valence-electron chi connectivity index (χ0n) is 13.4. The van der Waals surface area contributed by atoms with Gasteiger partial charge in [0.15, 0.2) is 0 Å². The van der Waals surface area contributed by atoms with E-state index in [2.05, 4.69) is 16.2 Å². The first-order valence-electron chi connectivity index (χ1n) is 7.48. The molecule has 3 amide bonds. The van der Waals surface area contributed by atoms with Crippen molar-refractivity contribution in [1.82, 2.24) is 16.2 Å². The van der Waals surface area contributed by atoms with E-state index in [9.17, 15) is 14.4 Å². The van der Waals surface area contributed by atoms with Gasteiger partial charge < -0.3 is 15.8 Å². The predicted octanol–water partition coefficient (Wildman–Crippen LogP) is 0.176. The van der Waals surface area contributed by atoms with Crippen LogP contribution in [0.4, 0.5) is 4.79 Å². The number of amides is 3. The summed E-state index contributed by atoms with van der Waals surface area (Å²) in [5.41, 5.74) is 9.47. The van der Waals surface area contributed by atoms with Gasteiger partial charge in [-0.3, -0.25) is 15.0 Å². The fourth-order valence-corrected chi connectivity index (χ4v) is 1.79. The lowest BCUT2D eigenvalue weighted by Gasteiger charge is -2.23.